The molecule has 0 aliphatic carbocycles. The summed E-state index contributed by atoms with van der Waals surface area (Å²) in [5.74, 6) is 0.118. The van der Waals surface area contributed by atoms with Crippen LogP contribution in [0.5, 0.6) is 0 Å². The lowest BCUT2D eigenvalue weighted by atomic mass is 10.2. The Morgan fingerprint density at radius 2 is 2.00 bits per heavy atom. The molecule has 0 N–H and O–H groups in total. The maximum Gasteiger partial charge on any atom is 0.254 e. The molecule has 0 spiro atoms. The van der Waals surface area contributed by atoms with E-state index in [4.69, 9.17) is 0 Å². The average Bonchev–Trinajstić information content (AvgIpc) is 2.36. The molecule has 0 atom stereocenters. The van der Waals surface area contributed by atoms with Gasteiger partial charge < -0.3 is 9.80 Å². The fourth-order valence-electron chi connectivity index (χ4n) is 1.81. The molecule has 5 heteroatoms. The number of nitrogens with zero attached hydrogens (tertiary/aromatic N) is 2. The largest absolute Gasteiger partial charge is 0.339 e. The minimum absolute atomic E-state index is 0.118. The highest BCUT2D eigenvalue weighted by atomic mass is 127. The van der Waals surface area contributed by atoms with Crippen molar-refractivity contribution in [2.45, 2.75) is 13.3 Å². The molecule has 19 heavy (non-hydrogen) atoms. The molecule has 0 aliphatic heterocycles. The molecular formula is C14H20BrIN2O. The van der Waals surface area contributed by atoms with E-state index in [1.807, 2.05) is 30.0 Å². The molecule has 106 valence electrons. The first-order valence-corrected chi connectivity index (χ1v) is 8.22. The SMILES string of the molecule is CCN(CCCN(C)C)C(=O)c1cc(Br)ccc1I. The van der Waals surface area contributed by atoms with E-state index in [2.05, 4.69) is 57.5 Å². The van der Waals surface area contributed by atoms with Gasteiger partial charge in [-0.05, 0) is 74.8 Å². The van der Waals surface area contributed by atoms with Crippen molar-refractivity contribution < 1.29 is 4.79 Å². The molecule has 3 nitrogen and oxygen atoms in total. The predicted molar refractivity (Wildman–Crippen MR) is 91.6 cm³/mol. The van der Waals surface area contributed by atoms with E-state index < -0.39 is 0 Å². The van der Waals surface area contributed by atoms with E-state index in [0.717, 1.165) is 39.7 Å². The third-order valence-corrected chi connectivity index (χ3v) is 4.30. The fourth-order valence-corrected chi connectivity index (χ4v) is 2.74. The van der Waals surface area contributed by atoms with Crippen molar-refractivity contribution in [3.05, 3.63) is 31.8 Å². The van der Waals surface area contributed by atoms with Crippen molar-refractivity contribution in [2.24, 2.45) is 0 Å². The monoisotopic (exact) mass is 438 g/mol. The molecule has 0 aliphatic rings. The Hall–Kier alpha value is -0.140. The van der Waals surface area contributed by atoms with Gasteiger partial charge in [0.05, 0.1) is 5.56 Å². The minimum Gasteiger partial charge on any atom is -0.339 e. The standard InChI is InChI=1S/C14H20BrIN2O/c1-4-18(9-5-8-17(2)3)14(19)12-10-11(15)6-7-13(12)16/h6-7,10H,4-5,8-9H2,1-3H3. The van der Waals surface area contributed by atoms with Crippen molar-refractivity contribution in [3.8, 4) is 0 Å². The molecule has 0 saturated heterocycles. The summed E-state index contributed by atoms with van der Waals surface area (Å²) in [7, 11) is 4.10. The lowest BCUT2D eigenvalue weighted by Gasteiger charge is -2.22. The van der Waals surface area contributed by atoms with Gasteiger partial charge in [-0.1, -0.05) is 15.9 Å². The summed E-state index contributed by atoms with van der Waals surface area (Å²) in [5, 5.41) is 0. The summed E-state index contributed by atoms with van der Waals surface area (Å²) < 4.78 is 1.94. The van der Waals surface area contributed by atoms with Gasteiger partial charge in [0.1, 0.15) is 0 Å². The summed E-state index contributed by atoms with van der Waals surface area (Å²) >= 11 is 5.64. The van der Waals surface area contributed by atoms with E-state index in [0.29, 0.717) is 0 Å². The van der Waals surface area contributed by atoms with Crippen LogP contribution in [-0.4, -0.2) is 49.4 Å². The zero-order chi connectivity index (χ0) is 14.4. The summed E-state index contributed by atoms with van der Waals surface area (Å²) in [6, 6.07) is 5.82. The number of hydrogen-bond acceptors (Lipinski definition) is 2. The maximum atomic E-state index is 12.5. The molecule has 0 radical (unpaired) electrons. The Morgan fingerprint density at radius 1 is 1.32 bits per heavy atom. The fraction of sp³-hybridized carbons (Fsp3) is 0.500. The number of hydrogen-bond donors (Lipinski definition) is 0. The van der Waals surface area contributed by atoms with Crippen molar-refractivity contribution in [3.63, 3.8) is 0 Å². The van der Waals surface area contributed by atoms with Gasteiger partial charge in [0, 0.05) is 21.1 Å². The number of benzene rings is 1. The summed E-state index contributed by atoms with van der Waals surface area (Å²) in [6.45, 7) is 4.57. The number of halogens is 2. The summed E-state index contributed by atoms with van der Waals surface area (Å²) in [5.41, 5.74) is 0.779. The van der Waals surface area contributed by atoms with Crippen molar-refractivity contribution in [2.75, 3.05) is 33.7 Å². The Kier molecular flexibility index (Phi) is 7.31. The van der Waals surface area contributed by atoms with Gasteiger partial charge >= 0.3 is 0 Å². The third-order valence-electron chi connectivity index (χ3n) is 2.86. The molecule has 0 heterocycles. The Labute approximate surface area is 137 Å². The second-order valence-corrected chi connectivity index (χ2v) is 6.74. The van der Waals surface area contributed by atoms with E-state index in [-0.39, 0.29) is 5.91 Å². The molecule has 0 saturated carbocycles. The van der Waals surface area contributed by atoms with Crippen molar-refractivity contribution >= 4 is 44.4 Å². The van der Waals surface area contributed by atoms with Gasteiger partial charge in [0.25, 0.3) is 5.91 Å². The van der Waals surface area contributed by atoms with Gasteiger partial charge in [-0.2, -0.15) is 0 Å². The van der Waals surface area contributed by atoms with Crippen LogP contribution < -0.4 is 0 Å². The van der Waals surface area contributed by atoms with Crippen LogP contribution in [0.1, 0.15) is 23.7 Å². The molecule has 0 bridgehead atoms. The minimum atomic E-state index is 0.118. The van der Waals surface area contributed by atoms with Gasteiger partial charge in [-0.15, -0.1) is 0 Å². The second-order valence-electron chi connectivity index (χ2n) is 4.67. The van der Waals surface area contributed by atoms with Crippen molar-refractivity contribution in [1.82, 2.24) is 9.80 Å². The number of carbonyl (C=O) groups excluding carboxylic acids is 1. The van der Waals surface area contributed by atoms with Crippen LogP contribution in [0.2, 0.25) is 0 Å². The quantitative estimate of drug-likeness (QED) is 0.635. The normalized spacial score (nSPS) is 10.8. The van der Waals surface area contributed by atoms with Crippen LogP contribution in [0.4, 0.5) is 0 Å². The van der Waals surface area contributed by atoms with E-state index in [1.54, 1.807) is 0 Å². The van der Waals surface area contributed by atoms with Crippen LogP contribution in [0.3, 0.4) is 0 Å². The van der Waals surface area contributed by atoms with Crippen LogP contribution in [0.15, 0.2) is 22.7 Å². The first-order valence-electron chi connectivity index (χ1n) is 6.34. The van der Waals surface area contributed by atoms with E-state index in [9.17, 15) is 4.79 Å². The zero-order valence-electron chi connectivity index (χ0n) is 11.6. The third kappa shape index (κ3) is 5.39. The maximum absolute atomic E-state index is 12.5. The Morgan fingerprint density at radius 3 is 2.58 bits per heavy atom. The summed E-state index contributed by atoms with van der Waals surface area (Å²) in [4.78, 5) is 16.6. The highest BCUT2D eigenvalue weighted by Gasteiger charge is 2.16. The molecule has 1 aromatic rings. The topological polar surface area (TPSA) is 23.6 Å². The van der Waals surface area contributed by atoms with Crippen molar-refractivity contribution in [1.29, 1.82) is 0 Å². The van der Waals surface area contributed by atoms with Crippen LogP contribution in [-0.2, 0) is 0 Å². The van der Waals surface area contributed by atoms with E-state index in [1.165, 1.54) is 0 Å². The highest BCUT2D eigenvalue weighted by molar-refractivity contribution is 14.1. The highest BCUT2D eigenvalue weighted by Crippen LogP contribution is 2.20. The van der Waals surface area contributed by atoms with E-state index >= 15 is 0 Å². The molecular weight excluding hydrogens is 419 g/mol. The molecule has 1 rings (SSSR count). The molecule has 1 amide bonds. The smallest absolute Gasteiger partial charge is 0.254 e. The second kappa shape index (κ2) is 8.21. The van der Waals surface area contributed by atoms with Gasteiger partial charge in [0.15, 0.2) is 0 Å². The first kappa shape index (κ1) is 16.9. The first-order chi connectivity index (χ1) is 8.95. The average molecular weight is 439 g/mol. The molecule has 0 unspecified atom stereocenters. The molecule has 1 aromatic carbocycles. The summed E-state index contributed by atoms with van der Waals surface area (Å²) in [6.07, 6.45) is 0.997. The lowest BCUT2D eigenvalue weighted by Crippen LogP contribution is -2.33. The number of carbonyl (C=O) groups is 1. The van der Waals surface area contributed by atoms with Crippen LogP contribution >= 0.6 is 38.5 Å². The van der Waals surface area contributed by atoms with Crippen LogP contribution in [0, 0.1) is 3.57 Å². The zero-order valence-corrected chi connectivity index (χ0v) is 15.4. The predicted octanol–water partition coefficient (Wildman–Crippen LogP) is 3.47. The van der Waals surface area contributed by atoms with Gasteiger partial charge in [-0.25, -0.2) is 0 Å². The van der Waals surface area contributed by atoms with Gasteiger partial charge in [0.2, 0.25) is 0 Å². The molecule has 0 fully saturated rings. The lowest BCUT2D eigenvalue weighted by molar-refractivity contribution is 0.0758. The van der Waals surface area contributed by atoms with Crippen LogP contribution in [0.25, 0.3) is 0 Å². The van der Waals surface area contributed by atoms with Gasteiger partial charge in [-0.3, -0.25) is 4.79 Å². The molecule has 0 aromatic heterocycles. The Balaban J connectivity index is 2.75. The Bertz CT molecular complexity index is 437. The number of rotatable bonds is 6. The number of amides is 1.